The van der Waals surface area contributed by atoms with Gasteiger partial charge in [0.05, 0.1) is 7.11 Å². The third-order valence-electron chi connectivity index (χ3n) is 2.95. The molecule has 5 heteroatoms. The third kappa shape index (κ3) is 4.57. The molecule has 1 aromatic carbocycles. The lowest BCUT2D eigenvalue weighted by Crippen LogP contribution is -2.48. The highest BCUT2D eigenvalue weighted by Crippen LogP contribution is 2.16. The van der Waals surface area contributed by atoms with E-state index < -0.39 is 6.04 Å². The van der Waals surface area contributed by atoms with Crippen molar-refractivity contribution in [2.24, 2.45) is 5.92 Å². The van der Waals surface area contributed by atoms with Crippen LogP contribution in [-0.2, 0) is 16.1 Å². The molecule has 0 heterocycles. The van der Waals surface area contributed by atoms with E-state index in [0.717, 1.165) is 11.3 Å². The number of rotatable bonds is 6. The van der Waals surface area contributed by atoms with Gasteiger partial charge in [0.15, 0.2) is 0 Å². The summed E-state index contributed by atoms with van der Waals surface area (Å²) in [5.74, 6) is 0.349. The van der Waals surface area contributed by atoms with Gasteiger partial charge in [0.25, 0.3) is 0 Å². The quantitative estimate of drug-likeness (QED) is 0.828. The highest BCUT2D eigenvalue weighted by Gasteiger charge is 2.22. The highest BCUT2D eigenvalue weighted by atomic mass is 16.5. The Morgan fingerprint density at radius 2 is 1.90 bits per heavy atom. The Balaban J connectivity index is 2.67. The predicted octanol–water partition coefficient (Wildman–Crippen LogP) is 1.47. The van der Waals surface area contributed by atoms with Crippen LogP contribution in [0.5, 0.6) is 5.75 Å². The molecule has 20 heavy (non-hydrogen) atoms. The van der Waals surface area contributed by atoms with Crippen molar-refractivity contribution in [3.05, 3.63) is 29.8 Å². The van der Waals surface area contributed by atoms with Crippen molar-refractivity contribution in [2.45, 2.75) is 33.4 Å². The number of hydrogen-bond acceptors (Lipinski definition) is 3. The minimum Gasteiger partial charge on any atom is -0.496 e. The van der Waals surface area contributed by atoms with Gasteiger partial charge in [0.2, 0.25) is 11.8 Å². The smallest absolute Gasteiger partial charge is 0.243 e. The molecular weight excluding hydrogens is 256 g/mol. The average Bonchev–Trinajstić information content (AvgIpc) is 2.42. The van der Waals surface area contributed by atoms with E-state index in [4.69, 9.17) is 4.74 Å². The van der Waals surface area contributed by atoms with Crippen LogP contribution in [-0.4, -0.2) is 25.0 Å². The maximum Gasteiger partial charge on any atom is 0.243 e. The van der Waals surface area contributed by atoms with Gasteiger partial charge in [-0.25, -0.2) is 0 Å². The Labute approximate surface area is 119 Å². The molecule has 0 aliphatic rings. The first-order chi connectivity index (χ1) is 9.45. The molecule has 0 saturated heterocycles. The lowest BCUT2D eigenvalue weighted by Gasteiger charge is -2.21. The molecule has 0 aliphatic heterocycles. The largest absolute Gasteiger partial charge is 0.496 e. The Morgan fingerprint density at radius 3 is 2.45 bits per heavy atom. The van der Waals surface area contributed by atoms with Gasteiger partial charge in [-0.3, -0.25) is 9.59 Å². The molecule has 2 amide bonds. The molecule has 0 bridgehead atoms. The van der Waals surface area contributed by atoms with Gasteiger partial charge in [0, 0.05) is 19.0 Å². The van der Waals surface area contributed by atoms with Crippen LogP contribution in [0.1, 0.15) is 26.3 Å². The number of hydrogen-bond donors (Lipinski definition) is 2. The summed E-state index contributed by atoms with van der Waals surface area (Å²) in [6, 6.07) is 6.97. The molecule has 0 radical (unpaired) electrons. The monoisotopic (exact) mass is 278 g/mol. The van der Waals surface area contributed by atoms with Crippen LogP contribution in [0.25, 0.3) is 0 Å². The Kier molecular flexibility index (Phi) is 6.03. The van der Waals surface area contributed by atoms with E-state index >= 15 is 0 Å². The SMILES string of the molecule is COc1ccccc1CNC(=O)[C@@H](NC(C)=O)C(C)C. The Bertz CT molecular complexity index is 472. The summed E-state index contributed by atoms with van der Waals surface area (Å²) in [7, 11) is 1.59. The van der Waals surface area contributed by atoms with Crippen LogP contribution in [0.4, 0.5) is 0 Å². The van der Waals surface area contributed by atoms with Crippen LogP contribution in [0.2, 0.25) is 0 Å². The van der Waals surface area contributed by atoms with Gasteiger partial charge in [-0.05, 0) is 12.0 Å². The van der Waals surface area contributed by atoms with Gasteiger partial charge >= 0.3 is 0 Å². The predicted molar refractivity (Wildman–Crippen MR) is 77.3 cm³/mol. The standard InChI is InChI=1S/C15H22N2O3/c1-10(2)14(17-11(3)18)15(19)16-9-12-7-5-6-8-13(12)20-4/h5-8,10,14H,9H2,1-4H3,(H,16,19)(H,17,18)/t14-/m0/s1. The zero-order valence-electron chi connectivity index (χ0n) is 12.4. The van der Waals surface area contributed by atoms with E-state index in [1.165, 1.54) is 6.92 Å². The van der Waals surface area contributed by atoms with E-state index in [1.54, 1.807) is 7.11 Å². The first kappa shape index (κ1) is 16.0. The second-order valence-electron chi connectivity index (χ2n) is 4.95. The molecule has 1 rings (SSSR count). The number of para-hydroxylation sites is 1. The summed E-state index contributed by atoms with van der Waals surface area (Å²) in [6.45, 7) is 5.56. The molecule has 5 nitrogen and oxygen atoms in total. The number of nitrogens with one attached hydrogen (secondary N) is 2. The summed E-state index contributed by atoms with van der Waals surface area (Å²) in [5, 5.41) is 5.49. The molecule has 1 aromatic rings. The van der Waals surface area contributed by atoms with Crippen LogP contribution >= 0.6 is 0 Å². The summed E-state index contributed by atoms with van der Waals surface area (Å²) in [6.07, 6.45) is 0. The minimum atomic E-state index is -0.526. The Hall–Kier alpha value is -2.04. The van der Waals surface area contributed by atoms with E-state index in [9.17, 15) is 9.59 Å². The molecule has 0 aliphatic carbocycles. The van der Waals surface area contributed by atoms with Crippen molar-refractivity contribution in [3.8, 4) is 5.75 Å². The summed E-state index contributed by atoms with van der Waals surface area (Å²) < 4.78 is 5.23. The van der Waals surface area contributed by atoms with E-state index in [-0.39, 0.29) is 17.7 Å². The number of methoxy groups -OCH3 is 1. The number of amides is 2. The van der Waals surface area contributed by atoms with Crippen molar-refractivity contribution in [1.29, 1.82) is 0 Å². The number of carbonyl (C=O) groups excluding carboxylic acids is 2. The first-order valence-corrected chi connectivity index (χ1v) is 6.62. The highest BCUT2D eigenvalue weighted by molar-refractivity contribution is 5.87. The fourth-order valence-corrected chi connectivity index (χ4v) is 1.90. The fraction of sp³-hybridized carbons (Fsp3) is 0.467. The molecule has 1 atom stereocenters. The molecule has 0 saturated carbocycles. The van der Waals surface area contributed by atoms with Gasteiger partial charge in [-0.2, -0.15) is 0 Å². The van der Waals surface area contributed by atoms with Gasteiger partial charge in [-0.1, -0.05) is 32.0 Å². The van der Waals surface area contributed by atoms with Crippen LogP contribution in [0.3, 0.4) is 0 Å². The number of benzene rings is 1. The van der Waals surface area contributed by atoms with Crippen molar-refractivity contribution in [3.63, 3.8) is 0 Å². The fourth-order valence-electron chi connectivity index (χ4n) is 1.90. The lowest BCUT2D eigenvalue weighted by atomic mass is 10.0. The van der Waals surface area contributed by atoms with Crippen LogP contribution in [0.15, 0.2) is 24.3 Å². The van der Waals surface area contributed by atoms with Gasteiger partial charge in [-0.15, -0.1) is 0 Å². The van der Waals surface area contributed by atoms with Crippen LogP contribution < -0.4 is 15.4 Å². The second-order valence-corrected chi connectivity index (χ2v) is 4.95. The maximum absolute atomic E-state index is 12.1. The molecule has 2 N–H and O–H groups in total. The summed E-state index contributed by atoms with van der Waals surface area (Å²) in [4.78, 5) is 23.3. The second kappa shape index (κ2) is 7.53. The van der Waals surface area contributed by atoms with Gasteiger partial charge < -0.3 is 15.4 Å². The average molecular weight is 278 g/mol. The zero-order valence-corrected chi connectivity index (χ0v) is 12.4. The molecule has 0 fully saturated rings. The van der Waals surface area contributed by atoms with Crippen molar-refractivity contribution >= 4 is 11.8 Å². The van der Waals surface area contributed by atoms with Crippen molar-refractivity contribution < 1.29 is 14.3 Å². The van der Waals surface area contributed by atoms with E-state index in [1.807, 2.05) is 38.1 Å². The van der Waals surface area contributed by atoms with Crippen molar-refractivity contribution in [2.75, 3.05) is 7.11 Å². The molecule has 110 valence electrons. The molecule has 0 aromatic heterocycles. The molecule has 0 unspecified atom stereocenters. The Morgan fingerprint density at radius 1 is 1.25 bits per heavy atom. The topological polar surface area (TPSA) is 67.4 Å². The third-order valence-corrected chi connectivity index (χ3v) is 2.95. The number of carbonyl (C=O) groups is 2. The first-order valence-electron chi connectivity index (χ1n) is 6.62. The number of ether oxygens (including phenoxy) is 1. The lowest BCUT2D eigenvalue weighted by molar-refractivity contribution is -0.129. The van der Waals surface area contributed by atoms with E-state index in [2.05, 4.69) is 10.6 Å². The molecule has 0 spiro atoms. The minimum absolute atomic E-state index is 0.0246. The van der Waals surface area contributed by atoms with Crippen molar-refractivity contribution in [1.82, 2.24) is 10.6 Å². The zero-order chi connectivity index (χ0) is 15.1. The maximum atomic E-state index is 12.1. The van der Waals surface area contributed by atoms with Gasteiger partial charge in [0.1, 0.15) is 11.8 Å². The van der Waals surface area contributed by atoms with Crippen LogP contribution in [0, 0.1) is 5.92 Å². The summed E-state index contributed by atoms with van der Waals surface area (Å²) >= 11 is 0. The molecular formula is C15H22N2O3. The summed E-state index contributed by atoms with van der Waals surface area (Å²) in [5.41, 5.74) is 0.897. The van der Waals surface area contributed by atoms with E-state index in [0.29, 0.717) is 6.54 Å². The normalized spacial score (nSPS) is 11.8.